The molecular weight excluding hydrogens is 472 g/mol. The maximum absolute atomic E-state index is 14.1. The maximum atomic E-state index is 14.1. The summed E-state index contributed by atoms with van der Waals surface area (Å²) >= 11 is 0. The van der Waals surface area contributed by atoms with Gasteiger partial charge in [0.2, 0.25) is 0 Å². The van der Waals surface area contributed by atoms with Gasteiger partial charge in [-0.1, -0.05) is 33.3 Å². The number of hydrogen-bond donors (Lipinski definition) is 2. The molecule has 0 bridgehead atoms. The van der Waals surface area contributed by atoms with E-state index in [0.29, 0.717) is 42.4 Å². The number of rotatable bonds is 5. The third kappa shape index (κ3) is 2.95. The van der Waals surface area contributed by atoms with E-state index < -0.39 is 45.1 Å². The number of fused-ring (bicyclic) bond motifs is 3. The van der Waals surface area contributed by atoms with Crippen molar-refractivity contribution in [2.75, 3.05) is 0 Å². The molecule has 0 radical (unpaired) electrons. The van der Waals surface area contributed by atoms with Gasteiger partial charge in [0.1, 0.15) is 11.6 Å². The van der Waals surface area contributed by atoms with Gasteiger partial charge in [0.25, 0.3) is 0 Å². The highest BCUT2D eigenvalue weighted by Crippen LogP contribution is 2.83. The molecule has 1 spiro atoms. The van der Waals surface area contributed by atoms with Gasteiger partial charge in [-0.3, -0.25) is 24.0 Å². The Morgan fingerprint density at radius 3 is 2.35 bits per heavy atom. The first-order chi connectivity index (χ1) is 17.0. The van der Waals surface area contributed by atoms with Crippen molar-refractivity contribution >= 4 is 29.1 Å². The predicted molar refractivity (Wildman–Crippen MR) is 134 cm³/mol. The molecule has 0 heterocycles. The number of Topliss-reactive ketones (excluding diaryl/α,β-unsaturated/α-hetero) is 3. The zero-order chi connectivity index (χ0) is 27.5. The molecule has 3 saturated carbocycles. The molecule has 200 valence electrons. The number of allylic oxidation sites excluding steroid dienone is 3. The molecule has 2 unspecified atom stereocenters. The summed E-state index contributed by atoms with van der Waals surface area (Å²) in [7, 11) is 0. The van der Waals surface area contributed by atoms with Gasteiger partial charge < -0.3 is 10.2 Å². The summed E-state index contributed by atoms with van der Waals surface area (Å²) in [5.41, 5.74) is -1.61. The molecule has 37 heavy (non-hydrogen) atoms. The Bertz CT molecular complexity index is 1240. The SMILES string of the molecule is C/C(=C\C(=O)CC(C)C(=O)O)[C@H]1CC(=O)[C@@]2(C)C3=C(C(=O)C[C@]12C)[C@@]1(C)CCC(=O)C2(C)C[C@]21C[C@@H]3O. The molecule has 7 nitrogen and oxygen atoms in total. The van der Waals surface area contributed by atoms with Crippen LogP contribution >= 0.6 is 0 Å². The van der Waals surface area contributed by atoms with Crippen LogP contribution in [0.2, 0.25) is 0 Å². The van der Waals surface area contributed by atoms with Gasteiger partial charge in [0.05, 0.1) is 17.4 Å². The Labute approximate surface area is 217 Å². The van der Waals surface area contributed by atoms with Crippen molar-refractivity contribution < 1.29 is 34.2 Å². The molecule has 3 fully saturated rings. The average molecular weight is 511 g/mol. The molecule has 0 aromatic heterocycles. The Morgan fingerprint density at radius 2 is 1.73 bits per heavy atom. The predicted octanol–water partition coefficient (Wildman–Crippen LogP) is 4.01. The maximum Gasteiger partial charge on any atom is 0.306 e. The van der Waals surface area contributed by atoms with Crippen LogP contribution in [0.15, 0.2) is 22.8 Å². The number of hydrogen-bond acceptors (Lipinski definition) is 6. The quantitative estimate of drug-likeness (QED) is 0.535. The molecular formula is C30H38O7. The lowest BCUT2D eigenvalue weighted by Crippen LogP contribution is -2.58. The second kappa shape index (κ2) is 7.58. The van der Waals surface area contributed by atoms with Crippen molar-refractivity contribution in [3.05, 3.63) is 22.8 Å². The van der Waals surface area contributed by atoms with E-state index in [1.54, 1.807) is 6.92 Å². The molecule has 0 aromatic carbocycles. The molecule has 0 amide bonds. The van der Waals surface area contributed by atoms with Gasteiger partial charge in [0, 0.05) is 42.1 Å². The van der Waals surface area contributed by atoms with E-state index in [2.05, 4.69) is 6.92 Å². The highest BCUT2D eigenvalue weighted by atomic mass is 16.4. The van der Waals surface area contributed by atoms with E-state index in [1.165, 1.54) is 13.0 Å². The second-order valence-corrected chi connectivity index (χ2v) is 13.5. The second-order valence-electron chi connectivity index (χ2n) is 13.5. The van der Waals surface area contributed by atoms with E-state index in [-0.39, 0.29) is 48.3 Å². The first kappa shape index (κ1) is 26.2. The van der Waals surface area contributed by atoms with Crippen LogP contribution in [0.1, 0.15) is 86.5 Å². The molecule has 8 atom stereocenters. The number of aliphatic hydroxyl groups excluding tert-OH is 1. The Balaban J connectivity index is 1.59. The van der Waals surface area contributed by atoms with Crippen molar-refractivity contribution in [2.24, 2.45) is 38.9 Å². The number of ketones is 4. The third-order valence-electron chi connectivity index (χ3n) is 11.9. The third-order valence-corrected chi connectivity index (χ3v) is 11.9. The normalized spacial score (nSPS) is 45.6. The molecule has 0 aromatic rings. The smallest absolute Gasteiger partial charge is 0.306 e. The summed E-state index contributed by atoms with van der Waals surface area (Å²) < 4.78 is 0. The monoisotopic (exact) mass is 510 g/mol. The van der Waals surface area contributed by atoms with Crippen LogP contribution in [-0.2, 0) is 24.0 Å². The van der Waals surface area contributed by atoms with Crippen LogP contribution in [0.4, 0.5) is 0 Å². The Morgan fingerprint density at radius 1 is 1.08 bits per heavy atom. The number of carbonyl (C=O) groups is 5. The fraction of sp³-hybridized carbons (Fsp3) is 0.700. The van der Waals surface area contributed by atoms with Gasteiger partial charge in [-0.25, -0.2) is 0 Å². The minimum atomic E-state index is -1.07. The van der Waals surface area contributed by atoms with Gasteiger partial charge in [-0.2, -0.15) is 0 Å². The van der Waals surface area contributed by atoms with E-state index in [1.807, 2.05) is 20.8 Å². The number of aliphatic hydroxyl groups is 1. The topological polar surface area (TPSA) is 126 Å². The van der Waals surface area contributed by atoms with E-state index in [9.17, 15) is 29.1 Å². The first-order valence-corrected chi connectivity index (χ1v) is 13.5. The minimum absolute atomic E-state index is 0.0388. The number of aliphatic carboxylic acids is 1. The number of carboxylic acid groups (broad SMARTS) is 1. The van der Waals surface area contributed by atoms with Crippen molar-refractivity contribution in [3.63, 3.8) is 0 Å². The van der Waals surface area contributed by atoms with Gasteiger partial charge >= 0.3 is 5.97 Å². The zero-order valence-electron chi connectivity index (χ0n) is 22.7. The van der Waals surface area contributed by atoms with Crippen LogP contribution < -0.4 is 0 Å². The van der Waals surface area contributed by atoms with Crippen LogP contribution in [-0.4, -0.2) is 45.4 Å². The zero-order valence-corrected chi connectivity index (χ0v) is 22.7. The molecule has 5 rings (SSSR count). The molecule has 2 N–H and O–H groups in total. The summed E-state index contributed by atoms with van der Waals surface area (Å²) in [5, 5.41) is 20.8. The van der Waals surface area contributed by atoms with Crippen LogP contribution in [0, 0.1) is 38.9 Å². The minimum Gasteiger partial charge on any atom is -0.481 e. The highest BCUT2D eigenvalue weighted by molar-refractivity contribution is 6.06. The molecule has 0 aliphatic heterocycles. The molecule has 5 aliphatic rings. The molecule has 0 saturated heterocycles. The standard InChI is InChI=1S/C30H38O7/c1-15(9-17(31)10-16(2)25(36)37)18-11-22(35)29(6)24-20(33)13-30-14-28(30,5)21(34)7-8-26(30,3)23(24)19(32)12-27(18,29)4/h9,16,18,20,33H,7-8,10-14H2,1-6H3,(H,36,37)/b15-9+/t16?,18-,20+,26-,27-,28?,29+,30+/m1/s1. The van der Waals surface area contributed by atoms with Crippen LogP contribution in [0.3, 0.4) is 0 Å². The average Bonchev–Trinajstić information content (AvgIpc) is 3.36. The summed E-state index contributed by atoms with van der Waals surface area (Å²) in [4.78, 5) is 64.6. The Kier molecular flexibility index (Phi) is 5.37. The lowest BCUT2D eigenvalue weighted by Gasteiger charge is -2.58. The molecule has 5 aliphatic carbocycles. The lowest BCUT2D eigenvalue weighted by molar-refractivity contribution is -0.142. The molecule has 7 heteroatoms. The van der Waals surface area contributed by atoms with E-state index in [0.717, 1.165) is 0 Å². The van der Waals surface area contributed by atoms with E-state index >= 15 is 0 Å². The fourth-order valence-electron chi connectivity index (χ4n) is 9.36. The number of carbonyl (C=O) groups excluding carboxylic acids is 4. The largest absolute Gasteiger partial charge is 0.481 e. The van der Waals surface area contributed by atoms with Crippen LogP contribution in [0.25, 0.3) is 0 Å². The van der Waals surface area contributed by atoms with Crippen molar-refractivity contribution in [1.29, 1.82) is 0 Å². The van der Waals surface area contributed by atoms with Crippen molar-refractivity contribution in [1.82, 2.24) is 0 Å². The summed E-state index contributed by atoms with van der Waals surface area (Å²) in [5.74, 6) is -2.43. The van der Waals surface area contributed by atoms with Crippen molar-refractivity contribution in [3.8, 4) is 0 Å². The van der Waals surface area contributed by atoms with Gasteiger partial charge in [-0.05, 0) is 61.5 Å². The lowest BCUT2D eigenvalue weighted by atomic mass is 9.44. The summed E-state index contributed by atoms with van der Waals surface area (Å²) in [6.45, 7) is 11.1. The first-order valence-electron chi connectivity index (χ1n) is 13.5. The summed E-state index contributed by atoms with van der Waals surface area (Å²) in [6.07, 6.45) is 2.62. The number of carboxylic acids is 1. The van der Waals surface area contributed by atoms with Gasteiger partial charge in [-0.15, -0.1) is 0 Å². The van der Waals surface area contributed by atoms with Crippen LogP contribution in [0.5, 0.6) is 0 Å². The Hall–Kier alpha value is -2.41. The van der Waals surface area contributed by atoms with Crippen molar-refractivity contribution in [2.45, 2.75) is 92.6 Å². The highest BCUT2D eigenvalue weighted by Gasteiger charge is 2.81. The summed E-state index contributed by atoms with van der Waals surface area (Å²) in [6, 6.07) is 0. The van der Waals surface area contributed by atoms with E-state index in [4.69, 9.17) is 5.11 Å². The fourth-order valence-corrected chi connectivity index (χ4v) is 9.36. The van der Waals surface area contributed by atoms with Gasteiger partial charge in [0.15, 0.2) is 11.6 Å².